The molecule has 1 aliphatic rings. The molecule has 1 fully saturated rings. The summed E-state index contributed by atoms with van der Waals surface area (Å²) in [5.41, 5.74) is 1.67. The van der Waals surface area contributed by atoms with Crippen molar-refractivity contribution in [3.05, 3.63) is 105 Å². The molecule has 1 heterocycles. The lowest BCUT2D eigenvalue weighted by molar-refractivity contribution is -0.136. The van der Waals surface area contributed by atoms with Gasteiger partial charge in [0, 0.05) is 12.5 Å². The number of para-hydroxylation sites is 1. The highest BCUT2D eigenvalue weighted by molar-refractivity contribution is 6.30. The number of carbonyl (C=O) groups excluding carboxylic acids is 1. The van der Waals surface area contributed by atoms with Crippen LogP contribution in [0.5, 0.6) is 0 Å². The third-order valence-corrected chi connectivity index (χ3v) is 6.72. The van der Waals surface area contributed by atoms with E-state index >= 15 is 0 Å². The van der Waals surface area contributed by atoms with Crippen molar-refractivity contribution in [2.45, 2.75) is 38.8 Å². The maximum atomic E-state index is 14.0. The fourth-order valence-electron chi connectivity index (χ4n) is 4.48. The molecular weight excluding hydrogens is 465 g/mol. The third kappa shape index (κ3) is 4.58. The van der Waals surface area contributed by atoms with E-state index in [1.165, 1.54) is 22.8 Å². The number of fused-ring (bicyclic) bond motifs is 1. The average Bonchev–Trinajstić information content (AvgIpc) is 3.72. The minimum absolute atomic E-state index is 0.00587. The van der Waals surface area contributed by atoms with Gasteiger partial charge in [0.2, 0.25) is 5.91 Å². The number of amides is 1. The van der Waals surface area contributed by atoms with Crippen LogP contribution < -0.4 is 5.56 Å². The summed E-state index contributed by atoms with van der Waals surface area (Å²) in [7, 11) is 0. The Morgan fingerprint density at radius 1 is 1.11 bits per heavy atom. The lowest BCUT2D eigenvalue weighted by atomic mass is 10.1. The summed E-state index contributed by atoms with van der Waals surface area (Å²) in [5.74, 6) is -0.0790. The fourth-order valence-corrected chi connectivity index (χ4v) is 4.65. The largest absolute Gasteiger partial charge is 0.328 e. The predicted octanol–water partition coefficient (Wildman–Crippen LogP) is 6.07. The lowest BCUT2D eigenvalue weighted by Crippen LogP contribution is -2.39. The van der Waals surface area contributed by atoms with Crippen molar-refractivity contribution in [2.24, 2.45) is 5.92 Å². The van der Waals surface area contributed by atoms with E-state index < -0.39 is 11.9 Å². The molecule has 1 aliphatic carbocycles. The second kappa shape index (κ2) is 9.62. The minimum Gasteiger partial charge on any atom is -0.328 e. The van der Waals surface area contributed by atoms with Crippen molar-refractivity contribution in [2.75, 3.05) is 0 Å². The highest BCUT2D eigenvalue weighted by Gasteiger charge is 2.38. The number of benzene rings is 3. The van der Waals surface area contributed by atoms with Crippen LogP contribution in [-0.4, -0.2) is 20.4 Å². The van der Waals surface area contributed by atoms with Gasteiger partial charge in [-0.3, -0.25) is 14.2 Å². The summed E-state index contributed by atoms with van der Waals surface area (Å²) in [4.78, 5) is 34.0. The monoisotopic (exact) mass is 489 g/mol. The maximum Gasteiger partial charge on any atom is 0.266 e. The standard InChI is InChI=1S/C28H25ClFN3O2/c1-2-25(32(27(34)19-12-13-19)17-18-8-4-3-5-9-18)26-31-24-11-7-6-10-21(24)28(35)33(26)20-14-15-23(30)22(29)16-20/h3-11,14-16,19,25H,2,12-13,17H2,1H3. The SMILES string of the molecule is CCC(c1nc2ccccc2c(=O)n1-c1ccc(F)c(Cl)c1)N(Cc1ccccc1)C(=O)C1CC1. The van der Waals surface area contributed by atoms with Crippen LogP contribution in [0.25, 0.3) is 16.6 Å². The van der Waals surface area contributed by atoms with Gasteiger partial charge >= 0.3 is 0 Å². The second-order valence-corrected chi connectivity index (χ2v) is 9.28. The van der Waals surface area contributed by atoms with Gasteiger partial charge in [0.25, 0.3) is 5.56 Å². The van der Waals surface area contributed by atoms with E-state index in [9.17, 15) is 14.0 Å². The Kier molecular flexibility index (Phi) is 6.39. The van der Waals surface area contributed by atoms with Gasteiger partial charge in [0.1, 0.15) is 11.6 Å². The van der Waals surface area contributed by atoms with Crippen molar-refractivity contribution < 1.29 is 9.18 Å². The van der Waals surface area contributed by atoms with E-state index in [-0.39, 0.29) is 22.4 Å². The molecule has 178 valence electrons. The molecule has 5 nitrogen and oxygen atoms in total. The molecule has 0 saturated heterocycles. The van der Waals surface area contributed by atoms with Crippen LogP contribution in [0.2, 0.25) is 5.02 Å². The van der Waals surface area contributed by atoms with E-state index in [2.05, 4.69) is 0 Å². The van der Waals surface area contributed by atoms with Crippen molar-refractivity contribution >= 4 is 28.4 Å². The van der Waals surface area contributed by atoms with Gasteiger partial charge in [-0.2, -0.15) is 0 Å². The molecule has 3 aromatic carbocycles. The number of hydrogen-bond acceptors (Lipinski definition) is 3. The van der Waals surface area contributed by atoms with Gasteiger partial charge in [0.15, 0.2) is 0 Å². The summed E-state index contributed by atoms with van der Waals surface area (Å²) in [6.45, 7) is 2.38. The Bertz CT molecular complexity index is 1450. The Labute approximate surface area is 207 Å². The minimum atomic E-state index is -0.569. The average molecular weight is 490 g/mol. The van der Waals surface area contributed by atoms with E-state index in [1.54, 1.807) is 18.2 Å². The molecule has 35 heavy (non-hydrogen) atoms. The number of rotatable bonds is 7. The highest BCUT2D eigenvalue weighted by Crippen LogP contribution is 2.36. The highest BCUT2D eigenvalue weighted by atomic mass is 35.5. The Hall–Kier alpha value is -3.51. The quantitative estimate of drug-likeness (QED) is 0.316. The Morgan fingerprint density at radius 3 is 2.51 bits per heavy atom. The van der Waals surface area contributed by atoms with Gasteiger partial charge < -0.3 is 4.90 Å². The van der Waals surface area contributed by atoms with Gasteiger partial charge in [-0.1, -0.05) is 61.0 Å². The smallest absolute Gasteiger partial charge is 0.266 e. The van der Waals surface area contributed by atoms with Gasteiger partial charge in [-0.25, -0.2) is 9.37 Å². The number of hydrogen-bond donors (Lipinski definition) is 0. The van der Waals surface area contributed by atoms with E-state index in [0.29, 0.717) is 35.4 Å². The topological polar surface area (TPSA) is 55.2 Å². The third-order valence-electron chi connectivity index (χ3n) is 6.43. The first-order valence-electron chi connectivity index (χ1n) is 11.8. The van der Waals surface area contributed by atoms with Crippen molar-refractivity contribution in [1.82, 2.24) is 14.5 Å². The molecule has 0 radical (unpaired) electrons. The predicted molar refractivity (Wildman–Crippen MR) is 135 cm³/mol. The molecule has 1 amide bonds. The van der Waals surface area contributed by atoms with Crippen LogP contribution in [0, 0.1) is 11.7 Å². The molecule has 7 heteroatoms. The summed E-state index contributed by atoms with van der Waals surface area (Å²) in [6.07, 6.45) is 2.28. The molecule has 1 aromatic heterocycles. The number of nitrogens with zero attached hydrogens (tertiary/aromatic N) is 3. The molecule has 0 N–H and O–H groups in total. The first kappa shape index (κ1) is 23.2. The van der Waals surface area contributed by atoms with Gasteiger partial charge in [-0.05, 0) is 55.2 Å². The summed E-state index contributed by atoms with van der Waals surface area (Å²) < 4.78 is 15.4. The van der Waals surface area contributed by atoms with Crippen LogP contribution in [0.4, 0.5) is 4.39 Å². The molecule has 4 aromatic rings. The van der Waals surface area contributed by atoms with E-state index in [4.69, 9.17) is 16.6 Å². The van der Waals surface area contributed by atoms with Crippen LogP contribution in [0.1, 0.15) is 43.6 Å². The van der Waals surface area contributed by atoms with Gasteiger partial charge in [0.05, 0.1) is 27.7 Å². The Balaban J connectivity index is 1.72. The number of halogens is 2. The summed E-state index contributed by atoms with van der Waals surface area (Å²) >= 11 is 6.09. The normalized spacial score (nSPS) is 14.1. The molecular formula is C28H25ClFN3O2. The molecule has 0 bridgehead atoms. The number of aromatic nitrogens is 2. The van der Waals surface area contributed by atoms with Crippen molar-refractivity contribution in [3.8, 4) is 5.69 Å². The Morgan fingerprint density at radius 2 is 1.83 bits per heavy atom. The van der Waals surface area contributed by atoms with E-state index in [0.717, 1.165) is 18.4 Å². The molecule has 1 saturated carbocycles. The molecule has 0 spiro atoms. The van der Waals surface area contributed by atoms with Gasteiger partial charge in [-0.15, -0.1) is 0 Å². The molecule has 5 rings (SSSR count). The first-order valence-corrected chi connectivity index (χ1v) is 12.2. The lowest BCUT2D eigenvalue weighted by Gasteiger charge is -2.32. The van der Waals surface area contributed by atoms with Crippen molar-refractivity contribution in [3.63, 3.8) is 0 Å². The fraction of sp³-hybridized carbons (Fsp3) is 0.250. The number of carbonyl (C=O) groups is 1. The van der Waals surface area contributed by atoms with Crippen molar-refractivity contribution in [1.29, 1.82) is 0 Å². The molecule has 0 aliphatic heterocycles. The van der Waals surface area contributed by atoms with E-state index in [1.807, 2.05) is 48.2 Å². The zero-order chi connectivity index (χ0) is 24.5. The summed E-state index contributed by atoms with van der Waals surface area (Å²) in [5, 5.41) is 0.353. The van der Waals surface area contributed by atoms with Crippen LogP contribution in [-0.2, 0) is 11.3 Å². The van der Waals surface area contributed by atoms with Crippen LogP contribution in [0.15, 0.2) is 77.6 Å². The second-order valence-electron chi connectivity index (χ2n) is 8.88. The molecule has 1 unspecified atom stereocenters. The van der Waals surface area contributed by atoms with Crippen LogP contribution in [0.3, 0.4) is 0 Å². The zero-order valence-corrected chi connectivity index (χ0v) is 20.1. The van der Waals surface area contributed by atoms with Crippen LogP contribution >= 0.6 is 11.6 Å². The summed E-state index contributed by atoms with van der Waals surface area (Å²) in [6, 6.07) is 20.6. The first-order chi connectivity index (χ1) is 17.0. The molecule has 1 atom stereocenters. The maximum absolute atomic E-state index is 14.0. The zero-order valence-electron chi connectivity index (χ0n) is 19.3.